The molecule has 0 aliphatic rings. The van der Waals surface area contributed by atoms with Crippen LogP contribution in [0, 0.1) is 5.82 Å². The van der Waals surface area contributed by atoms with Crippen molar-refractivity contribution in [3.63, 3.8) is 0 Å². The average molecular weight is 400 g/mol. The molecular weight excluding hydrogens is 377 g/mol. The summed E-state index contributed by atoms with van der Waals surface area (Å²) >= 11 is 6.08. The first-order chi connectivity index (χ1) is 13.6. The van der Waals surface area contributed by atoms with Crippen LogP contribution in [-0.2, 0) is 13.1 Å². The van der Waals surface area contributed by atoms with Gasteiger partial charge in [-0.15, -0.1) is 0 Å². The van der Waals surface area contributed by atoms with Crippen LogP contribution in [0.4, 0.5) is 14.9 Å². The lowest BCUT2D eigenvalue weighted by Crippen LogP contribution is -2.36. The van der Waals surface area contributed by atoms with E-state index >= 15 is 0 Å². The van der Waals surface area contributed by atoms with Gasteiger partial charge >= 0.3 is 6.03 Å². The maximum Gasteiger partial charge on any atom is 0.322 e. The van der Waals surface area contributed by atoms with Crippen molar-refractivity contribution in [1.29, 1.82) is 0 Å². The van der Waals surface area contributed by atoms with Gasteiger partial charge in [-0.1, -0.05) is 42.8 Å². The van der Waals surface area contributed by atoms with Gasteiger partial charge in [-0.3, -0.25) is 0 Å². The molecule has 0 aliphatic carbocycles. The summed E-state index contributed by atoms with van der Waals surface area (Å²) in [5, 5.41) is 3.37. The van der Waals surface area contributed by atoms with Crippen molar-refractivity contribution in [2.75, 3.05) is 11.9 Å². The molecule has 3 aromatic rings. The largest absolute Gasteiger partial charge is 0.345 e. The molecule has 0 fully saturated rings. The zero-order chi connectivity index (χ0) is 19.9. The van der Waals surface area contributed by atoms with Gasteiger partial charge < -0.3 is 14.8 Å². The van der Waals surface area contributed by atoms with Crippen molar-refractivity contribution < 1.29 is 9.18 Å². The summed E-state index contributed by atoms with van der Waals surface area (Å²) in [6, 6.07) is 17.5. The Morgan fingerprint density at radius 3 is 2.71 bits per heavy atom. The smallest absolute Gasteiger partial charge is 0.322 e. The lowest BCUT2D eigenvalue weighted by molar-refractivity contribution is 0.207. The van der Waals surface area contributed by atoms with Crippen LogP contribution in [0.2, 0.25) is 5.02 Å². The van der Waals surface area contributed by atoms with Crippen molar-refractivity contribution in [3.8, 4) is 0 Å². The van der Waals surface area contributed by atoms with Gasteiger partial charge in [0, 0.05) is 30.0 Å². The number of nitrogens with zero attached hydrogens (tertiary/aromatic N) is 2. The Morgan fingerprint density at radius 1 is 1.14 bits per heavy atom. The molecule has 1 heterocycles. The molecule has 0 aliphatic heterocycles. The Hall–Kier alpha value is -2.79. The topological polar surface area (TPSA) is 37.3 Å². The lowest BCUT2D eigenvalue weighted by Gasteiger charge is -2.23. The molecule has 1 N–H and O–H groups in total. The summed E-state index contributed by atoms with van der Waals surface area (Å²) in [4.78, 5) is 14.4. The molecule has 0 spiro atoms. The monoisotopic (exact) mass is 399 g/mol. The fourth-order valence-electron chi connectivity index (χ4n) is 3.05. The van der Waals surface area contributed by atoms with E-state index in [1.807, 2.05) is 49.5 Å². The van der Waals surface area contributed by atoms with E-state index in [0.717, 1.165) is 17.7 Å². The number of nitrogens with one attached hydrogen (secondary N) is 1. The van der Waals surface area contributed by atoms with Crippen LogP contribution >= 0.6 is 11.6 Å². The van der Waals surface area contributed by atoms with Crippen LogP contribution in [0.5, 0.6) is 0 Å². The first-order valence-corrected chi connectivity index (χ1v) is 9.63. The van der Waals surface area contributed by atoms with Crippen molar-refractivity contribution in [2.45, 2.75) is 26.4 Å². The highest BCUT2D eigenvalue weighted by Gasteiger charge is 2.16. The van der Waals surface area contributed by atoms with Crippen LogP contribution in [-0.4, -0.2) is 22.0 Å². The minimum Gasteiger partial charge on any atom is -0.345 e. The van der Waals surface area contributed by atoms with Crippen molar-refractivity contribution >= 4 is 23.3 Å². The summed E-state index contributed by atoms with van der Waals surface area (Å²) in [7, 11) is 0. The van der Waals surface area contributed by atoms with Crippen LogP contribution < -0.4 is 5.32 Å². The van der Waals surface area contributed by atoms with Crippen molar-refractivity contribution in [1.82, 2.24) is 9.47 Å². The quantitative estimate of drug-likeness (QED) is 0.537. The van der Waals surface area contributed by atoms with E-state index in [0.29, 0.717) is 24.7 Å². The molecule has 0 bridgehead atoms. The number of para-hydroxylation sites is 1. The van der Waals surface area contributed by atoms with E-state index in [4.69, 9.17) is 11.6 Å². The molecule has 4 nitrogen and oxygen atoms in total. The summed E-state index contributed by atoms with van der Waals surface area (Å²) in [5.74, 6) is -0.448. The van der Waals surface area contributed by atoms with E-state index in [9.17, 15) is 9.18 Å². The maximum atomic E-state index is 13.9. The van der Waals surface area contributed by atoms with Crippen LogP contribution in [0.25, 0.3) is 0 Å². The third-order valence-electron chi connectivity index (χ3n) is 4.41. The number of halogens is 2. The highest BCUT2D eigenvalue weighted by molar-refractivity contribution is 6.30. The Bertz CT molecular complexity index is 941. The van der Waals surface area contributed by atoms with E-state index in [1.54, 1.807) is 23.1 Å². The summed E-state index contributed by atoms with van der Waals surface area (Å²) in [5.41, 5.74) is 2.27. The molecule has 1 aromatic heterocycles. The number of benzene rings is 2. The molecule has 6 heteroatoms. The van der Waals surface area contributed by atoms with Gasteiger partial charge in [-0.2, -0.15) is 0 Å². The minimum absolute atomic E-state index is 0.183. The Labute approximate surface area is 169 Å². The molecule has 146 valence electrons. The predicted octanol–water partition coefficient (Wildman–Crippen LogP) is 5.77. The number of carbonyl (C=O) groups excluding carboxylic acids is 1. The second-order valence-corrected chi connectivity index (χ2v) is 7.03. The van der Waals surface area contributed by atoms with Crippen LogP contribution in [0.1, 0.15) is 24.6 Å². The van der Waals surface area contributed by atoms with Gasteiger partial charge in [-0.25, -0.2) is 9.18 Å². The fourth-order valence-corrected chi connectivity index (χ4v) is 3.27. The number of urea groups is 1. The summed E-state index contributed by atoms with van der Waals surface area (Å²) < 4.78 is 16.0. The van der Waals surface area contributed by atoms with Gasteiger partial charge in [0.2, 0.25) is 0 Å². The first-order valence-electron chi connectivity index (χ1n) is 9.25. The molecule has 28 heavy (non-hydrogen) atoms. The second-order valence-electron chi connectivity index (χ2n) is 6.59. The fraction of sp³-hybridized carbons (Fsp3) is 0.227. The zero-order valence-electron chi connectivity index (χ0n) is 15.7. The molecule has 0 atom stereocenters. The number of amides is 2. The molecule has 2 aromatic carbocycles. The number of rotatable bonds is 7. The Kier molecular flexibility index (Phi) is 6.71. The van der Waals surface area contributed by atoms with Gasteiger partial charge in [0.1, 0.15) is 5.82 Å². The van der Waals surface area contributed by atoms with Gasteiger partial charge in [-0.05, 0) is 48.4 Å². The Morgan fingerprint density at radius 2 is 1.96 bits per heavy atom. The van der Waals surface area contributed by atoms with Crippen molar-refractivity contribution in [2.24, 2.45) is 0 Å². The maximum absolute atomic E-state index is 13.9. The first kappa shape index (κ1) is 20.0. The number of aromatic nitrogens is 1. The van der Waals surface area contributed by atoms with E-state index in [1.165, 1.54) is 6.07 Å². The predicted molar refractivity (Wildman–Crippen MR) is 111 cm³/mol. The number of anilines is 1. The molecule has 0 radical (unpaired) electrons. The number of hydrogen-bond donors (Lipinski definition) is 1. The number of carbonyl (C=O) groups is 1. The minimum atomic E-state index is -0.448. The third-order valence-corrected chi connectivity index (χ3v) is 4.65. The summed E-state index contributed by atoms with van der Waals surface area (Å²) in [6.07, 6.45) is 2.79. The Balaban J connectivity index is 1.73. The van der Waals surface area contributed by atoms with Crippen molar-refractivity contribution in [3.05, 3.63) is 89.0 Å². The molecule has 0 saturated carbocycles. The standard InChI is InChI=1S/C22H23ClFN3O/c1-2-12-27(22(28)25-21-11-4-3-10-20(21)24)16-19-9-6-13-26(19)15-17-7-5-8-18(23)14-17/h3-11,13-14H,2,12,15-16H2,1H3,(H,25,28). The van der Waals surface area contributed by atoms with Gasteiger partial charge in [0.25, 0.3) is 0 Å². The number of hydrogen-bond acceptors (Lipinski definition) is 1. The highest BCUT2D eigenvalue weighted by atomic mass is 35.5. The second kappa shape index (κ2) is 9.42. The van der Waals surface area contributed by atoms with E-state index in [2.05, 4.69) is 9.88 Å². The molecule has 3 rings (SSSR count). The van der Waals surface area contributed by atoms with E-state index < -0.39 is 5.82 Å². The highest BCUT2D eigenvalue weighted by Crippen LogP contribution is 2.17. The van der Waals surface area contributed by atoms with Gasteiger partial charge in [0.05, 0.1) is 12.2 Å². The van der Waals surface area contributed by atoms with Crippen LogP contribution in [0.3, 0.4) is 0 Å². The molecule has 0 unspecified atom stereocenters. The SMILES string of the molecule is CCCN(Cc1cccn1Cc1cccc(Cl)c1)C(=O)Nc1ccccc1F. The lowest BCUT2D eigenvalue weighted by atomic mass is 10.2. The third kappa shape index (κ3) is 5.14. The summed E-state index contributed by atoms with van der Waals surface area (Å²) in [6.45, 7) is 3.68. The molecule has 0 saturated heterocycles. The molecule has 2 amide bonds. The van der Waals surface area contributed by atoms with Gasteiger partial charge in [0.15, 0.2) is 0 Å². The van der Waals surface area contributed by atoms with E-state index in [-0.39, 0.29) is 11.7 Å². The van der Waals surface area contributed by atoms with Crippen LogP contribution in [0.15, 0.2) is 66.9 Å². The zero-order valence-corrected chi connectivity index (χ0v) is 16.5. The normalized spacial score (nSPS) is 10.7. The average Bonchev–Trinajstić information content (AvgIpc) is 3.10. The molecular formula is C22H23ClFN3O.